The number of fused-ring (bicyclic) bond motifs is 1. The molecule has 1 fully saturated rings. The van der Waals surface area contributed by atoms with E-state index in [1.165, 1.54) is 29.1 Å². The number of carboxylic acids is 1. The van der Waals surface area contributed by atoms with Gasteiger partial charge in [0, 0.05) is 37.7 Å². The molecule has 2 unspecified atom stereocenters. The number of carbonyl (C=O) groups is 1. The van der Waals surface area contributed by atoms with E-state index in [4.69, 9.17) is 19.2 Å². The molecule has 0 aliphatic carbocycles. The summed E-state index contributed by atoms with van der Waals surface area (Å²) in [6.07, 6.45) is 3.83. The van der Waals surface area contributed by atoms with Gasteiger partial charge < -0.3 is 19.3 Å². The van der Waals surface area contributed by atoms with Gasteiger partial charge in [0.05, 0.1) is 25.1 Å². The summed E-state index contributed by atoms with van der Waals surface area (Å²) in [7, 11) is 1.42. The van der Waals surface area contributed by atoms with Crippen molar-refractivity contribution in [3.8, 4) is 28.7 Å². The number of rotatable bonds is 10. The van der Waals surface area contributed by atoms with Crippen molar-refractivity contribution in [2.24, 2.45) is 11.8 Å². The Bertz CT molecular complexity index is 1650. The molecule has 0 amide bonds. The van der Waals surface area contributed by atoms with Crippen LogP contribution in [0, 0.1) is 18.8 Å². The lowest BCUT2D eigenvalue weighted by molar-refractivity contribution is 0.0426. The highest BCUT2D eigenvalue weighted by atomic mass is 16.5. The zero-order valence-electron chi connectivity index (χ0n) is 25.8. The first-order valence-corrected chi connectivity index (χ1v) is 15.3. The fraction of sp³-hybridized carbons (Fsp3) is 0.400. The predicted octanol–water partition coefficient (Wildman–Crippen LogP) is 5.95. The number of aromatic carboxylic acids is 1. The van der Waals surface area contributed by atoms with Crippen molar-refractivity contribution in [2.75, 3.05) is 26.8 Å². The number of carboxylic acid groups (broad SMARTS) is 1. The number of benzene rings is 2. The van der Waals surface area contributed by atoms with Crippen LogP contribution in [0.25, 0.3) is 17.1 Å². The number of ether oxygens (including phenoxy) is 3. The summed E-state index contributed by atoms with van der Waals surface area (Å²) in [5.41, 5.74) is 6.45. The normalized spacial score (nSPS) is 18.4. The Balaban J connectivity index is 1.17. The van der Waals surface area contributed by atoms with Crippen LogP contribution in [0.5, 0.6) is 11.6 Å². The maximum Gasteiger partial charge on any atom is 0.342 e. The summed E-state index contributed by atoms with van der Waals surface area (Å²) in [6.45, 7) is 11.0. The Morgan fingerprint density at radius 1 is 1.14 bits per heavy atom. The van der Waals surface area contributed by atoms with Gasteiger partial charge in [-0.2, -0.15) is 9.78 Å². The molecule has 2 aliphatic heterocycles. The van der Waals surface area contributed by atoms with Gasteiger partial charge >= 0.3 is 5.97 Å². The van der Waals surface area contributed by atoms with E-state index in [9.17, 15) is 9.90 Å². The molecule has 0 radical (unpaired) electrons. The van der Waals surface area contributed by atoms with E-state index in [0.717, 1.165) is 61.5 Å². The fourth-order valence-electron chi connectivity index (χ4n) is 6.57. The van der Waals surface area contributed by atoms with Gasteiger partial charge in [-0.25, -0.2) is 9.78 Å². The minimum Gasteiger partial charge on any atom is -0.488 e. The van der Waals surface area contributed by atoms with E-state index in [1.54, 1.807) is 6.07 Å². The first-order valence-electron chi connectivity index (χ1n) is 15.3. The van der Waals surface area contributed by atoms with Crippen LogP contribution in [0.15, 0.2) is 60.8 Å². The highest BCUT2D eigenvalue weighted by Gasteiger charge is 2.32. The third kappa shape index (κ3) is 6.07. The zero-order valence-corrected chi connectivity index (χ0v) is 25.8. The van der Waals surface area contributed by atoms with Crippen molar-refractivity contribution in [1.82, 2.24) is 19.7 Å². The van der Waals surface area contributed by atoms with Crippen LogP contribution in [0.2, 0.25) is 0 Å². The molecule has 0 bridgehead atoms. The highest BCUT2D eigenvalue weighted by Crippen LogP contribution is 2.34. The van der Waals surface area contributed by atoms with Crippen LogP contribution in [0.4, 0.5) is 0 Å². The molecule has 44 heavy (non-hydrogen) atoms. The number of hydrogen-bond acceptors (Lipinski definition) is 7. The second-order valence-electron chi connectivity index (χ2n) is 12.1. The number of aryl methyl sites for hydroxylation is 1. The molecule has 230 valence electrons. The molecule has 4 heterocycles. The summed E-state index contributed by atoms with van der Waals surface area (Å²) >= 11 is 0. The van der Waals surface area contributed by atoms with E-state index in [0.29, 0.717) is 36.1 Å². The average molecular weight is 597 g/mol. The van der Waals surface area contributed by atoms with E-state index in [1.807, 2.05) is 37.3 Å². The van der Waals surface area contributed by atoms with Crippen molar-refractivity contribution in [2.45, 2.75) is 52.9 Å². The topological polar surface area (TPSA) is 98.9 Å². The lowest BCUT2D eigenvalue weighted by Crippen LogP contribution is -2.38. The van der Waals surface area contributed by atoms with Gasteiger partial charge in [0.25, 0.3) is 0 Å². The summed E-state index contributed by atoms with van der Waals surface area (Å²) in [5.74, 6) is 1.39. The molecule has 2 atom stereocenters. The van der Waals surface area contributed by atoms with Crippen LogP contribution < -0.4 is 9.47 Å². The quantitative estimate of drug-likeness (QED) is 0.240. The molecule has 2 aromatic heterocycles. The maximum atomic E-state index is 11.6. The van der Waals surface area contributed by atoms with Gasteiger partial charge in [-0.1, -0.05) is 50.2 Å². The largest absolute Gasteiger partial charge is 0.488 e. The Labute approximate surface area is 258 Å². The minimum absolute atomic E-state index is 0.0276. The van der Waals surface area contributed by atoms with E-state index >= 15 is 0 Å². The second kappa shape index (κ2) is 12.8. The first-order chi connectivity index (χ1) is 21.3. The highest BCUT2D eigenvalue weighted by molar-refractivity contribution is 5.90. The van der Waals surface area contributed by atoms with E-state index in [2.05, 4.69) is 42.0 Å². The van der Waals surface area contributed by atoms with Crippen LogP contribution in [-0.4, -0.2) is 63.7 Å². The number of aromatic nitrogens is 3. The van der Waals surface area contributed by atoms with Gasteiger partial charge in [0.15, 0.2) is 5.82 Å². The van der Waals surface area contributed by atoms with Crippen LogP contribution in [-0.2, 0) is 24.3 Å². The molecule has 9 nitrogen and oxygen atoms in total. The number of methoxy groups -OCH3 is 1. The van der Waals surface area contributed by atoms with E-state index in [-0.39, 0.29) is 11.4 Å². The summed E-state index contributed by atoms with van der Waals surface area (Å²) in [5, 5.41) is 13.7. The Kier molecular flexibility index (Phi) is 8.68. The van der Waals surface area contributed by atoms with E-state index < -0.39 is 5.97 Å². The van der Waals surface area contributed by atoms with Gasteiger partial charge in [-0.3, -0.25) is 4.90 Å². The minimum atomic E-state index is -1.11. The van der Waals surface area contributed by atoms with Crippen LogP contribution >= 0.6 is 0 Å². The van der Waals surface area contributed by atoms with Gasteiger partial charge in [0.2, 0.25) is 5.88 Å². The molecule has 2 aliphatic rings. The number of pyridine rings is 1. The molecular weight excluding hydrogens is 556 g/mol. The molecular formula is C35H40N4O5. The van der Waals surface area contributed by atoms with Gasteiger partial charge in [-0.05, 0) is 66.1 Å². The predicted molar refractivity (Wildman–Crippen MR) is 167 cm³/mol. The summed E-state index contributed by atoms with van der Waals surface area (Å²) in [4.78, 5) is 19.0. The second-order valence-corrected chi connectivity index (χ2v) is 12.1. The Morgan fingerprint density at radius 2 is 1.98 bits per heavy atom. The molecule has 1 N–H and O–H groups in total. The molecule has 1 saturated heterocycles. The monoisotopic (exact) mass is 596 g/mol. The lowest BCUT2D eigenvalue weighted by atomic mass is 9.91. The summed E-state index contributed by atoms with van der Waals surface area (Å²) in [6, 6.07) is 18.3. The Hall–Kier alpha value is -4.21. The standard InChI is InChI=1S/C35H40N4O5/c1-22(2)32-27(14-16-43-32)20-38-15-13-25-17-24(11-12-26(25)19-38)21-44-33-23(3)7-5-8-28(33)30-9-6-10-31(37-30)39-34(42-4)29(18-36-39)35(40)41/h5-12,17-18,22,27,32H,13-16,19-21H2,1-4H3,(H,40,41). The SMILES string of the molecule is COc1c(C(=O)O)cnn1-c1cccc(-c2cccc(C)c2OCc2ccc3c(c2)CCN(CC2CCOC2C(C)C)C3)n1. The van der Waals surface area contributed by atoms with Gasteiger partial charge in [-0.15, -0.1) is 0 Å². The third-order valence-corrected chi connectivity index (χ3v) is 8.75. The number of hydrogen-bond donors (Lipinski definition) is 1. The number of para-hydroxylation sites is 1. The molecule has 9 heteroatoms. The molecule has 6 rings (SSSR count). The lowest BCUT2D eigenvalue weighted by Gasteiger charge is -2.33. The van der Waals surface area contributed by atoms with Crippen molar-refractivity contribution < 1.29 is 24.1 Å². The van der Waals surface area contributed by atoms with Crippen LogP contribution in [0.1, 0.15) is 52.9 Å². The molecule has 2 aromatic carbocycles. The smallest absolute Gasteiger partial charge is 0.342 e. The molecule has 4 aromatic rings. The third-order valence-electron chi connectivity index (χ3n) is 8.75. The maximum absolute atomic E-state index is 11.6. The first kappa shape index (κ1) is 29.8. The fourth-order valence-corrected chi connectivity index (χ4v) is 6.57. The van der Waals surface area contributed by atoms with Crippen molar-refractivity contribution in [3.05, 3.63) is 88.6 Å². The number of nitrogens with zero attached hydrogens (tertiary/aromatic N) is 4. The molecule has 0 spiro atoms. The van der Waals surface area contributed by atoms with Crippen molar-refractivity contribution >= 4 is 5.97 Å². The Morgan fingerprint density at radius 3 is 2.77 bits per heavy atom. The van der Waals surface area contributed by atoms with Crippen molar-refractivity contribution in [3.63, 3.8) is 0 Å². The van der Waals surface area contributed by atoms with Gasteiger partial charge in [0.1, 0.15) is 17.9 Å². The zero-order chi connectivity index (χ0) is 30.8. The molecule has 0 saturated carbocycles. The average Bonchev–Trinajstić information content (AvgIpc) is 3.68. The summed E-state index contributed by atoms with van der Waals surface area (Å²) < 4.78 is 19.2. The van der Waals surface area contributed by atoms with Crippen LogP contribution in [0.3, 0.4) is 0 Å². The van der Waals surface area contributed by atoms with Crippen molar-refractivity contribution in [1.29, 1.82) is 0 Å².